The van der Waals surface area contributed by atoms with Gasteiger partial charge in [-0.3, -0.25) is 9.59 Å². The predicted molar refractivity (Wildman–Crippen MR) is 65.0 cm³/mol. The van der Waals surface area contributed by atoms with Crippen LogP contribution in [0.3, 0.4) is 0 Å². The van der Waals surface area contributed by atoms with Crippen LogP contribution in [0.1, 0.15) is 30.7 Å². The number of cyclic esters (lactones) is 2. The van der Waals surface area contributed by atoms with Crippen LogP contribution in [0.4, 0.5) is 0 Å². The minimum absolute atomic E-state index is 0.0445. The van der Waals surface area contributed by atoms with Crippen LogP contribution in [0.5, 0.6) is 0 Å². The Kier molecular flexibility index (Phi) is 4.34. The van der Waals surface area contributed by atoms with Crippen molar-refractivity contribution in [3.05, 3.63) is 35.9 Å². The lowest BCUT2D eigenvalue weighted by Gasteiger charge is -2.17. The minimum Gasteiger partial charge on any atom is -0.466 e. The molecule has 0 aromatic heterocycles. The number of benzene rings is 1. The SMILES string of the molecule is O=C1CC(c2ccccc2)C(=O)OCCCCO1. The van der Waals surface area contributed by atoms with Crippen molar-refractivity contribution in [3.63, 3.8) is 0 Å². The van der Waals surface area contributed by atoms with Gasteiger partial charge in [-0.15, -0.1) is 0 Å². The Hall–Kier alpha value is -1.84. The van der Waals surface area contributed by atoms with E-state index >= 15 is 0 Å². The maximum Gasteiger partial charge on any atom is 0.314 e. The van der Waals surface area contributed by atoms with Crippen molar-refractivity contribution in [2.24, 2.45) is 0 Å². The van der Waals surface area contributed by atoms with Gasteiger partial charge < -0.3 is 9.47 Å². The van der Waals surface area contributed by atoms with Gasteiger partial charge in [0.2, 0.25) is 0 Å². The molecule has 0 radical (unpaired) electrons. The van der Waals surface area contributed by atoms with Crippen molar-refractivity contribution in [1.29, 1.82) is 0 Å². The van der Waals surface area contributed by atoms with Crippen LogP contribution in [0.2, 0.25) is 0 Å². The maximum atomic E-state index is 11.9. The molecule has 4 heteroatoms. The molecule has 1 aliphatic heterocycles. The number of hydrogen-bond donors (Lipinski definition) is 0. The Balaban J connectivity index is 2.16. The second kappa shape index (κ2) is 6.19. The lowest BCUT2D eigenvalue weighted by atomic mass is 9.96. The van der Waals surface area contributed by atoms with Crippen molar-refractivity contribution < 1.29 is 19.1 Å². The molecule has 0 saturated carbocycles. The lowest BCUT2D eigenvalue weighted by molar-refractivity contribution is -0.154. The largest absolute Gasteiger partial charge is 0.466 e. The highest BCUT2D eigenvalue weighted by molar-refractivity contribution is 5.84. The zero-order chi connectivity index (χ0) is 12.8. The summed E-state index contributed by atoms with van der Waals surface area (Å²) in [6.07, 6.45) is 1.50. The third-order valence-corrected chi connectivity index (χ3v) is 2.90. The summed E-state index contributed by atoms with van der Waals surface area (Å²) in [4.78, 5) is 23.5. The van der Waals surface area contributed by atoms with Gasteiger partial charge in [-0.25, -0.2) is 0 Å². The Morgan fingerprint density at radius 2 is 1.61 bits per heavy atom. The molecule has 1 aliphatic rings. The van der Waals surface area contributed by atoms with Gasteiger partial charge in [0.1, 0.15) is 0 Å². The molecule has 1 aromatic rings. The second-order valence-corrected chi connectivity index (χ2v) is 4.26. The topological polar surface area (TPSA) is 52.6 Å². The van der Waals surface area contributed by atoms with Gasteiger partial charge in [-0.2, -0.15) is 0 Å². The molecule has 1 aromatic carbocycles. The second-order valence-electron chi connectivity index (χ2n) is 4.26. The normalized spacial score (nSPS) is 21.9. The van der Waals surface area contributed by atoms with E-state index in [0.29, 0.717) is 13.2 Å². The van der Waals surface area contributed by atoms with Gasteiger partial charge >= 0.3 is 11.9 Å². The first kappa shape index (κ1) is 12.6. The van der Waals surface area contributed by atoms with Crippen molar-refractivity contribution >= 4 is 11.9 Å². The van der Waals surface area contributed by atoms with E-state index in [4.69, 9.17) is 9.47 Å². The molecular weight excluding hydrogens is 232 g/mol. The van der Waals surface area contributed by atoms with Crippen LogP contribution in [0.15, 0.2) is 30.3 Å². The summed E-state index contributed by atoms with van der Waals surface area (Å²) < 4.78 is 10.3. The van der Waals surface area contributed by atoms with Gasteiger partial charge in [0.25, 0.3) is 0 Å². The maximum absolute atomic E-state index is 11.9. The first-order chi connectivity index (χ1) is 8.77. The van der Waals surface area contributed by atoms with E-state index in [1.165, 1.54) is 0 Å². The Morgan fingerprint density at radius 3 is 2.33 bits per heavy atom. The highest BCUT2D eigenvalue weighted by atomic mass is 16.5. The van der Waals surface area contributed by atoms with Crippen LogP contribution in [0.25, 0.3) is 0 Å². The fourth-order valence-corrected chi connectivity index (χ4v) is 1.91. The molecule has 1 heterocycles. The molecule has 1 fully saturated rings. The van der Waals surface area contributed by atoms with Crippen molar-refractivity contribution in [2.75, 3.05) is 13.2 Å². The summed E-state index contributed by atoms with van der Waals surface area (Å²) in [5.74, 6) is -1.25. The van der Waals surface area contributed by atoms with Gasteiger partial charge in [0, 0.05) is 0 Å². The van der Waals surface area contributed by atoms with E-state index in [1.807, 2.05) is 30.3 Å². The van der Waals surface area contributed by atoms with Crippen LogP contribution in [-0.2, 0) is 19.1 Å². The molecule has 1 unspecified atom stereocenters. The summed E-state index contributed by atoms with van der Waals surface area (Å²) in [6.45, 7) is 0.789. The van der Waals surface area contributed by atoms with Crippen LogP contribution >= 0.6 is 0 Å². The van der Waals surface area contributed by atoms with Crippen molar-refractivity contribution in [1.82, 2.24) is 0 Å². The molecule has 0 aliphatic carbocycles. The molecule has 0 spiro atoms. The van der Waals surface area contributed by atoms with Crippen molar-refractivity contribution in [3.8, 4) is 0 Å². The summed E-state index contributed by atoms with van der Waals surface area (Å²) in [5, 5.41) is 0. The standard InChI is InChI=1S/C14H16O4/c15-13-10-12(11-6-2-1-3-7-11)14(16)18-9-5-4-8-17-13/h1-3,6-7,12H,4-5,8-10H2. The minimum atomic E-state index is -0.559. The third kappa shape index (κ3) is 3.32. The first-order valence-electron chi connectivity index (χ1n) is 6.14. The molecule has 2 rings (SSSR count). The van der Waals surface area contributed by atoms with Crippen LogP contribution in [0, 0.1) is 0 Å². The van der Waals surface area contributed by atoms with E-state index in [2.05, 4.69) is 0 Å². The van der Waals surface area contributed by atoms with E-state index in [9.17, 15) is 9.59 Å². The van der Waals surface area contributed by atoms with Gasteiger partial charge in [0.05, 0.1) is 25.6 Å². The molecule has 96 valence electrons. The Bertz CT molecular complexity index is 413. The van der Waals surface area contributed by atoms with E-state index in [1.54, 1.807) is 0 Å². The van der Waals surface area contributed by atoms with Crippen molar-refractivity contribution in [2.45, 2.75) is 25.2 Å². The highest BCUT2D eigenvalue weighted by Gasteiger charge is 2.26. The molecular formula is C14H16O4. The quantitative estimate of drug-likeness (QED) is 0.714. The summed E-state index contributed by atoms with van der Waals surface area (Å²) in [5.41, 5.74) is 0.792. The zero-order valence-corrected chi connectivity index (χ0v) is 10.1. The number of esters is 2. The Morgan fingerprint density at radius 1 is 0.944 bits per heavy atom. The monoisotopic (exact) mass is 248 g/mol. The fraction of sp³-hybridized carbons (Fsp3) is 0.429. The number of rotatable bonds is 1. The van der Waals surface area contributed by atoms with E-state index in [-0.39, 0.29) is 18.4 Å². The zero-order valence-electron chi connectivity index (χ0n) is 10.1. The molecule has 0 N–H and O–H groups in total. The van der Waals surface area contributed by atoms with Gasteiger partial charge in [-0.05, 0) is 18.4 Å². The average molecular weight is 248 g/mol. The van der Waals surface area contributed by atoms with Crippen LogP contribution < -0.4 is 0 Å². The smallest absolute Gasteiger partial charge is 0.314 e. The first-order valence-corrected chi connectivity index (χ1v) is 6.14. The Labute approximate surface area is 106 Å². The third-order valence-electron chi connectivity index (χ3n) is 2.90. The molecule has 0 amide bonds. The molecule has 1 atom stereocenters. The molecule has 4 nitrogen and oxygen atoms in total. The molecule has 1 saturated heterocycles. The van der Waals surface area contributed by atoms with E-state index in [0.717, 1.165) is 18.4 Å². The number of ether oxygens (including phenoxy) is 2. The van der Waals surface area contributed by atoms with Crippen LogP contribution in [-0.4, -0.2) is 25.2 Å². The number of hydrogen-bond acceptors (Lipinski definition) is 4. The predicted octanol–water partition coefficient (Wildman–Crippen LogP) is 2.04. The summed E-state index contributed by atoms with van der Waals surface area (Å²) in [6, 6.07) is 9.20. The lowest BCUT2D eigenvalue weighted by Crippen LogP contribution is -2.22. The summed E-state index contributed by atoms with van der Waals surface area (Å²) >= 11 is 0. The van der Waals surface area contributed by atoms with Gasteiger partial charge in [0.15, 0.2) is 0 Å². The number of carbonyl (C=O) groups excluding carboxylic acids is 2. The number of carbonyl (C=O) groups is 2. The highest BCUT2D eigenvalue weighted by Crippen LogP contribution is 2.22. The molecule has 0 bridgehead atoms. The summed E-state index contributed by atoms with van der Waals surface area (Å²) in [7, 11) is 0. The average Bonchev–Trinajstić information content (AvgIpc) is 2.40. The fourth-order valence-electron chi connectivity index (χ4n) is 1.91. The molecule has 18 heavy (non-hydrogen) atoms. The van der Waals surface area contributed by atoms with Gasteiger partial charge in [-0.1, -0.05) is 30.3 Å². The van der Waals surface area contributed by atoms with E-state index < -0.39 is 5.92 Å².